The fourth-order valence-electron chi connectivity index (χ4n) is 5.26. The van der Waals surface area contributed by atoms with Crippen LogP contribution in [0, 0.1) is 5.82 Å². The van der Waals surface area contributed by atoms with E-state index in [1.54, 1.807) is 43.4 Å². The highest BCUT2D eigenvalue weighted by atomic mass is 32.2. The lowest BCUT2D eigenvalue weighted by Gasteiger charge is -2.25. The number of ether oxygens (including phenoxy) is 1. The van der Waals surface area contributed by atoms with Crippen LogP contribution in [0.15, 0.2) is 65.1 Å². The van der Waals surface area contributed by atoms with Crippen molar-refractivity contribution in [1.29, 1.82) is 0 Å². The van der Waals surface area contributed by atoms with Gasteiger partial charge in [-0.15, -0.1) is 0 Å². The molecule has 0 bridgehead atoms. The van der Waals surface area contributed by atoms with E-state index in [0.717, 1.165) is 29.5 Å². The molecule has 0 saturated heterocycles. The van der Waals surface area contributed by atoms with Gasteiger partial charge in [-0.3, -0.25) is 9.00 Å². The molecule has 3 aromatic carbocycles. The number of hydrogen-bond acceptors (Lipinski definition) is 6. The number of carboxylic acids is 1. The monoisotopic (exact) mass is 621 g/mol. The molecule has 1 saturated carbocycles. The summed E-state index contributed by atoms with van der Waals surface area (Å²) in [6, 6.07) is 16.2. The molecule has 1 aliphatic rings. The van der Waals surface area contributed by atoms with Crippen molar-refractivity contribution in [2.75, 3.05) is 26.8 Å². The van der Waals surface area contributed by atoms with E-state index in [-0.39, 0.29) is 23.9 Å². The molecule has 1 amide bonds. The zero-order valence-corrected chi connectivity index (χ0v) is 25.2. The summed E-state index contributed by atoms with van der Waals surface area (Å²) in [6.45, 7) is 1.45. The molecule has 1 unspecified atom stereocenters. The third-order valence-electron chi connectivity index (χ3n) is 7.77. The Kier molecular flexibility index (Phi) is 10.2. The first-order chi connectivity index (χ1) is 21.2. The number of fused-ring (bicyclic) bond motifs is 1. The highest BCUT2D eigenvalue weighted by Crippen LogP contribution is 2.45. The van der Waals surface area contributed by atoms with Crippen molar-refractivity contribution in [3.05, 3.63) is 94.3 Å². The summed E-state index contributed by atoms with van der Waals surface area (Å²) in [6.07, 6.45) is 3.91. The van der Waals surface area contributed by atoms with E-state index in [4.69, 9.17) is 14.3 Å². The second-order valence-electron chi connectivity index (χ2n) is 10.9. The largest absolute Gasteiger partial charge is 0.760 e. The first-order valence-corrected chi connectivity index (χ1v) is 15.6. The van der Waals surface area contributed by atoms with Crippen LogP contribution in [-0.4, -0.2) is 56.9 Å². The standard InChI is InChI=1S/C33H35FN2O7S/c1-35-32(37)30-28-19-27(22-8-9-22)25(18-29(28)43-31(30)23-10-12-26(34)13-11-23)20-36(44(40)41)15-2-3-16-42-17-14-21-4-6-24(7-5-21)33(38)39/h4-7,10-13,18-19,22H,2-3,8-9,14-17,20H2,1H3,(H,35,37)(H,38,39)(H,40,41)/p-1. The van der Waals surface area contributed by atoms with Crippen LogP contribution in [0.3, 0.4) is 0 Å². The number of carbonyl (C=O) groups excluding carboxylic acids is 1. The number of carbonyl (C=O) groups is 2. The van der Waals surface area contributed by atoms with Crippen LogP contribution in [-0.2, 0) is 29.0 Å². The Hall–Kier alpha value is -3.90. The van der Waals surface area contributed by atoms with Crippen molar-refractivity contribution in [1.82, 2.24) is 9.62 Å². The van der Waals surface area contributed by atoms with E-state index in [2.05, 4.69) is 5.32 Å². The molecule has 1 fully saturated rings. The Morgan fingerprint density at radius 1 is 1.09 bits per heavy atom. The van der Waals surface area contributed by atoms with Gasteiger partial charge >= 0.3 is 5.97 Å². The third-order valence-corrected chi connectivity index (χ3v) is 8.50. The predicted octanol–water partition coefficient (Wildman–Crippen LogP) is 5.81. The molecule has 2 N–H and O–H groups in total. The van der Waals surface area contributed by atoms with Crippen LogP contribution < -0.4 is 5.32 Å². The maximum Gasteiger partial charge on any atom is 0.335 e. The van der Waals surface area contributed by atoms with Gasteiger partial charge in [0.1, 0.15) is 17.2 Å². The van der Waals surface area contributed by atoms with Gasteiger partial charge in [-0.05, 0) is 103 Å². The minimum absolute atomic E-state index is 0.174. The predicted molar refractivity (Wildman–Crippen MR) is 163 cm³/mol. The highest BCUT2D eigenvalue weighted by molar-refractivity contribution is 7.76. The van der Waals surface area contributed by atoms with Gasteiger partial charge < -0.3 is 24.1 Å². The van der Waals surface area contributed by atoms with Crippen molar-refractivity contribution in [2.24, 2.45) is 0 Å². The van der Waals surface area contributed by atoms with Crippen LogP contribution >= 0.6 is 0 Å². The summed E-state index contributed by atoms with van der Waals surface area (Å²) in [5.74, 6) is -1.06. The molecule has 0 radical (unpaired) electrons. The van der Waals surface area contributed by atoms with Crippen LogP contribution in [0.5, 0.6) is 0 Å². The molecule has 44 heavy (non-hydrogen) atoms. The number of benzene rings is 3. The lowest BCUT2D eigenvalue weighted by atomic mass is 9.97. The van der Waals surface area contributed by atoms with Crippen molar-refractivity contribution < 1.29 is 37.0 Å². The number of rotatable bonds is 15. The molecule has 0 spiro atoms. The van der Waals surface area contributed by atoms with E-state index in [9.17, 15) is 22.7 Å². The fourth-order valence-corrected chi connectivity index (χ4v) is 5.79. The lowest BCUT2D eigenvalue weighted by Crippen LogP contribution is -2.27. The van der Waals surface area contributed by atoms with E-state index in [0.29, 0.717) is 66.9 Å². The minimum atomic E-state index is -2.45. The van der Waals surface area contributed by atoms with Crippen LogP contribution in [0.25, 0.3) is 22.3 Å². The Morgan fingerprint density at radius 2 is 1.82 bits per heavy atom. The van der Waals surface area contributed by atoms with Gasteiger partial charge in [-0.25, -0.2) is 13.5 Å². The Bertz CT molecular complexity index is 1650. The second-order valence-corrected chi connectivity index (χ2v) is 11.8. The zero-order chi connectivity index (χ0) is 31.2. The first kappa shape index (κ1) is 31.5. The van der Waals surface area contributed by atoms with Gasteiger partial charge in [0.2, 0.25) is 0 Å². The fraction of sp³-hybridized carbons (Fsp3) is 0.333. The van der Waals surface area contributed by atoms with Gasteiger partial charge in [-0.1, -0.05) is 12.1 Å². The summed E-state index contributed by atoms with van der Waals surface area (Å²) in [5, 5.41) is 12.3. The third kappa shape index (κ3) is 7.59. The van der Waals surface area contributed by atoms with Gasteiger partial charge in [0.15, 0.2) is 0 Å². The van der Waals surface area contributed by atoms with E-state index in [1.807, 2.05) is 12.1 Å². The Balaban J connectivity index is 1.24. The van der Waals surface area contributed by atoms with Crippen molar-refractivity contribution in [3.8, 4) is 11.3 Å². The maximum atomic E-state index is 13.6. The first-order valence-electron chi connectivity index (χ1n) is 14.6. The molecule has 4 aromatic rings. The second kappa shape index (κ2) is 14.3. The zero-order valence-electron chi connectivity index (χ0n) is 24.3. The highest BCUT2D eigenvalue weighted by Gasteiger charge is 2.30. The number of unbranched alkanes of at least 4 members (excludes halogenated alkanes) is 1. The molecule has 1 atom stereocenters. The van der Waals surface area contributed by atoms with E-state index >= 15 is 0 Å². The quantitative estimate of drug-likeness (QED) is 0.126. The van der Waals surface area contributed by atoms with Crippen molar-refractivity contribution in [2.45, 2.75) is 44.6 Å². The molecule has 5 rings (SSSR count). The summed E-state index contributed by atoms with van der Waals surface area (Å²) < 4.78 is 51.3. The van der Waals surface area contributed by atoms with Gasteiger partial charge in [-0.2, -0.15) is 0 Å². The average molecular weight is 622 g/mol. The number of aromatic carboxylic acids is 1. The summed E-state index contributed by atoms with van der Waals surface area (Å²) in [5.41, 5.74) is 4.45. The Morgan fingerprint density at radius 3 is 2.45 bits per heavy atom. The summed E-state index contributed by atoms with van der Waals surface area (Å²) >= 11 is -2.45. The molecule has 0 aliphatic heterocycles. The topological polar surface area (TPSA) is 132 Å². The number of nitrogens with one attached hydrogen (secondary N) is 1. The smallest absolute Gasteiger partial charge is 0.335 e. The van der Waals surface area contributed by atoms with Crippen molar-refractivity contribution >= 4 is 34.1 Å². The molecular formula is C33H34FN2O7S-. The summed E-state index contributed by atoms with van der Waals surface area (Å²) in [4.78, 5) is 23.9. The molecule has 1 heterocycles. The molecule has 1 aromatic heterocycles. The number of halogens is 1. The normalized spacial score (nSPS) is 13.8. The molecule has 1 aliphatic carbocycles. The van der Waals surface area contributed by atoms with E-state index < -0.39 is 23.1 Å². The number of hydrogen-bond donors (Lipinski definition) is 2. The number of furan rings is 1. The Labute approximate surface area is 257 Å². The van der Waals surface area contributed by atoms with Crippen LogP contribution in [0.4, 0.5) is 4.39 Å². The average Bonchev–Trinajstić information content (AvgIpc) is 3.80. The lowest BCUT2D eigenvalue weighted by molar-refractivity contribution is 0.0696. The molecule has 9 nitrogen and oxygen atoms in total. The van der Waals surface area contributed by atoms with E-state index in [1.165, 1.54) is 16.4 Å². The van der Waals surface area contributed by atoms with Gasteiger partial charge in [0.05, 0.1) is 17.7 Å². The van der Waals surface area contributed by atoms with Crippen LogP contribution in [0.2, 0.25) is 0 Å². The van der Waals surface area contributed by atoms with Gasteiger partial charge in [0.25, 0.3) is 5.91 Å². The van der Waals surface area contributed by atoms with Crippen molar-refractivity contribution in [3.63, 3.8) is 0 Å². The number of nitrogens with zero attached hydrogens (tertiary/aromatic N) is 1. The molecule has 232 valence electrons. The van der Waals surface area contributed by atoms with Gasteiger partial charge in [0, 0.05) is 49.0 Å². The molecular weight excluding hydrogens is 587 g/mol. The summed E-state index contributed by atoms with van der Waals surface area (Å²) in [7, 11) is 1.54. The maximum absolute atomic E-state index is 13.6. The van der Waals surface area contributed by atoms with Crippen LogP contribution in [0.1, 0.15) is 69.0 Å². The molecule has 11 heteroatoms. The minimum Gasteiger partial charge on any atom is -0.760 e. The number of amides is 1. The SMILES string of the molecule is CNC(=O)c1c(-c2ccc(F)cc2)oc2cc(CN(CCCCOCCc3ccc(C(=O)O)cc3)S(=O)[O-])c(C3CC3)cc12. The number of carboxylic acid groups (broad SMARTS) is 1.